The summed E-state index contributed by atoms with van der Waals surface area (Å²) < 4.78 is 11.4. The van der Waals surface area contributed by atoms with E-state index in [1.165, 1.54) is 12.8 Å². The fraction of sp³-hybridized carbons (Fsp3) is 0.842. The Labute approximate surface area is 286 Å². The number of esters is 2. The fourth-order valence-corrected chi connectivity index (χ4v) is 5.96. The molecule has 0 aromatic heterocycles. The van der Waals surface area contributed by atoms with Crippen LogP contribution in [0.25, 0.3) is 0 Å². The third-order valence-corrected chi connectivity index (χ3v) is 8.93. The topological polar surface area (TPSA) is 114 Å². The Morgan fingerprint density at radius 3 is 1.77 bits per heavy atom. The molecule has 9 heteroatoms. The van der Waals surface area contributed by atoms with E-state index < -0.39 is 10.9 Å². The fourth-order valence-electron chi connectivity index (χ4n) is 5.96. The van der Waals surface area contributed by atoms with Gasteiger partial charge in [-0.15, -0.1) is 0 Å². The van der Waals surface area contributed by atoms with Crippen molar-refractivity contribution < 1.29 is 19.1 Å². The Morgan fingerprint density at radius 1 is 0.617 bits per heavy atom. The molecule has 2 atom stereocenters. The third kappa shape index (κ3) is 19.9. The second-order valence-electron chi connectivity index (χ2n) is 13.3. The predicted octanol–water partition coefficient (Wildman–Crippen LogP) is 8.13. The molecule has 2 N–H and O–H groups in total. The smallest absolute Gasteiger partial charge is 0.306 e. The van der Waals surface area contributed by atoms with E-state index in [0.717, 1.165) is 129 Å². The lowest BCUT2D eigenvalue weighted by atomic mass is 10.1. The average Bonchev–Trinajstić information content (AvgIpc) is 3.06. The van der Waals surface area contributed by atoms with Crippen molar-refractivity contribution in [3.8, 4) is 0 Å². The molecular weight excluding hydrogens is 594 g/mol. The van der Waals surface area contributed by atoms with Crippen LogP contribution in [0.5, 0.6) is 0 Å². The monoisotopic (exact) mass is 664 g/mol. The second-order valence-corrected chi connectivity index (χ2v) is 13.3. The highest BCUT2D eigenvalue weighted by molar-refractivity contribution is 5.73. The molecule has 1 aromatic rings. The molecule has 0 bridgehead atoms. The van der Waals surface area contributed by atoms with Crippen LogP contribution in [-0.4, -0.2) is 62.3 Å². The van der Waals surface area contributed by atoms with Crippen LogP contribution in [-0.2, 0) is 19.1 Å². The van der Waals surface area contributed by atoms with E-state index in [4.69, 9.17) is 9.47 Å². The molecule has 1 rings (SSSR count). The van der Waals surface area contributed by atoms with Crippen molar-refractivity contribution in [3.05, 3.63) is 20.4 Å². The number of carbonyl (C=O) groups is 2. The van der Waals surface area contributed by atoms with Gasteiger partial charge in [-0.3, -0.25) is 19.2 Å². The zero-order valence-corrected chi connectivity index (χ0v) is 30.7. The zero-order chi connectivity index (χ0) is 34.7. The van der Waals surface area contributed by atoms with Crippen molar-refractivity contribution in [1.82, 2.24) is 4.90 Å². The van der Waals surface area contributed by atoms with Gasteiger partial charge in [0.2, 0.25) is 0 Å². The van der Waals surface area contributed by atoms with Crippen molar-refractivity contribution >= 4 is 23.3 Å². The summed E-state index contributed by atoms with van der Waals surface area (Å²) in [7, 11) is 1.65. The van der Waals surface area contributed by atoms with Gasteiger partial charge in [0.05, 0.1) is 6.10 Å². The van der Waals surface area contributed by atoms with Gasteiger partial charge >= 0.3 is 11.9 Å². The maximum Gasteiger partial charge on any atom is 0.306 e. The molecule has 0 saturated carbocycles. The van der Waals surface area contributed by atoms with Crippen LogP contribution >= 0.6 is 0 Å². The second kappa shape index (κ2) is 27.5. The molecule has 0 spiro atoms. The maximum atomic E-state index is 12.5. The van der Waals surface area contributed by atoms with Gasteiger partial charge in [-0.2, -0.15) is 0 Å². The SMILES string of the molecule is CCCCCC(CCCC)OC(=O)CCCCCCCN(CCCCCC(=O)OC(C)CCCC)CCCNc1c(NC)c(=O)c1=O. The summed E-state index contributed by atoms with van der Waals surface area (Å²) in [6, 6.07) is 0. The Morgan fingerprint density at radius 2 is 1.13 bits per heavy atom. The first-order valence-corrected chi connectivity index (χ1v) is 19.1. The molecule has 9 nitrogen and oxygen atoms in total. The van der Waals surface area contributed by atoms with Gasteiger partial charge in [-0.05, 0) is 84.3 Å². The molecule has 0 aliphatic carbocycles. The van der Waals surface area contributed by atoms with Gasteiger partial charge in [0.25, 0.3) is 10.9 Å². The third-order valence-electron chi connectivity index (χ3n) is 8.93. The number of ether oxygens (including phenoxy) is 2. The Kier molecular flexibility index (Phi) is 24.9. The number of anilines is 2. The molecule has 272 valence electrons. The van der Waals surface area contributed by atoms with Gasteiger partial charge in [0.1, 0.15) is 17.5 Å². The highest BCUT2D eigenvalue weighted by Gasteiger charge is 2.19. The van der Waals surface area contributed by atoms with E-state index in [9.17, 15) is 19.2 Å². The lowest BCUT2D eigenvalue weighted by molar-refractivity contribution is -0.150. The van der Waals surface area contributed by atoms with Crippen LogP contribution < -0.4 is 21.5 Å². The minimum absolute atomic E-state index is 0.00287. The number of hydrogen-bond donors (Lipinski definition) is 2. The first-order chi connectivity index (χ1) is 22.8. The lowest BCUT2D eigenvalue weighted by Crippen LogP contribution is -2.37. The molecule has 0 amide bonds. The number of carbonyl (C=O) groups excluding carboxylic acids is 2. The first kappa shape index (κ1) is 42.6. The quantitative estimate of drug-likeness (QED) is 0.0448. The van der Waals surface area contributed by atoms with Crippen LogP contribution in [0.4, 0.5) is 11.4 Å². The molecule has 0 heterocycles. The summed E-state index contributed by atoms with van der Waals surface area (Å²) in [5.74, 6) is -0.125. The normalized spacial score (nSPS) is 12.7. The van der Waals surface area contributed by atoms with Crippen molar-refractivity contribution in [2.24, 2.45) is 0 Å². The van der Waals surface area contributed by atoms with E-state index in [-0.39, 0.29) is 24.1 Å². The van der Waals surface area contributed by atoms with Crippen LogP contribution in [0.2, 0.25) is 0 Å². The van der Waals surface area contributed by atoms with Crippen molar-refractivity contribution in [2.45, 2.75) is 175 Å². The van der Waals surface area contributed by atoms with E-state index in [2.05, 4.69) is 36.3 Å². The molecule has 0 radical (unpaired) electrons. The maximum absolute atomic E-state index is 12.5. The Bertz CT molecular complexity index is 1020. The molecule has 1 aromatic carbocycles. The standard InChI is InChI=1S/C38H69N3O6/c1-6-9-16-24-32(23-11-8-3)47-34(43)26-17-13-12-14-19-28-41(30-21-27-40-36-35(39-5)37(44)38(36)45)29-20-15-18-25-33(42)46-31(4)22-10-7-2/h31-32,39-40H,6-30H2,1-5H3. The average molecular weight is 664 g/mol. The number of hydrogen-bond acceptors (Lipinski definition) is 9. The number of rotatable bonds is 32. The number of nitrogens with one attached hydrogen (secondary N) is 2. The Balaban J connectivity index is 2.38. The van der Waals surface area contributed by atoms with E-state index in [0.29, 0.717) is 30.8 Å². The zero-order valence-electron chi connectivity index (χ0n) is 30.7. The highest BCUT2D eigenvalue weighted by atomic mass is 16.5. The summed E-state index contributed by atoms with van der Waals surface area (Å²) in [6.45, 7) is 12.0. The summed E-state index contributed by atoms with van der Waals surface area (Å²) in [5, 5.41) is 5.94. The van der Waals surface area contributed by atoms with Crippen molar-refractivity contribution in [3.63, 3.8) is 0 Å². The van der Waals surface area contributed by atoms with Gasteiger partial charge in [-0.1, -0.05) is 85.0 Å². The number of unbranched alkanes of at least 4 members (excludes halogenated alkanes) is 10. The van der Waals surface area contributed by atoms with Crippen LogP contribution in [0.1, 0.15) is 163 Å². The molecular formula is C38H69N3O6. The molecule has 2 unspecified atom stereocenters. The highest BCUT2D eigenvalue weighted by Crippen LogP contribution is 2.17. The van der Waals surface area contributed by atoms with Gasteiger partial charge in [0, 0.05) is 26.4 Å². The molecule has 0 saturated heterocycles. The summed E-state index contributed by atoms with van der Waals surface area (Å²) in [6.07, 6.45) is 20.9. The summed E-state index contributed by atoms with van der Waals surface area (Å²) >= 11 is 0. The van der Waals surface area contributed by atoms with Gasteiger partial charge in [0.15, 0.2) is 0 Å². The molecule has 47 heavy (non-hydrogen) atoms. The molecule has 0 aliphatic heterocycles. The van der Waals surface area contributed by atoms with Crippen LogP contribution in [0.3, 0.4) is 0 Å². The van der Waals surface area contributed by atoms with Gasteiger partial charge in [-0.25, -0.2) is 0 Å². The first-order valence-electron chi connectivity index (χ1n) is 19.1. The molecule has 0 aliphatic rings. The minimum atomic E-state index is -0.452. The lowest BCUT2D eigenvalue weighted by Gasteiger charge is -2.23. The van der Waals surface area contributed by atoms with Crippen LogP contribution in [0.15, 0.2) is 9.59 Å². The summed E-state index contributed by atoms with van der Waals surface area (Å²) in [5.41, 5.74) is -0.120. The summed E-state index contributed by atoms with van der Waals surface area (Å²) in [4.78, 5) is 50.6. The van der Waals surface area contributed by atoms with Gasteiger partial charge < -0.3 is 25.0 Å². The number of nitrogens with zero attached hydrogens (tertiary/aromatic N) is 1. The Hall–Kier alpha value is -2.42. The predicted molar refractivity (Wildman–Crippen MR) is 195 cm³/mol. The van der Waals surface area contributed by atoms with E-state index in [1.807, 2.05) is 6.92 Å². The van der Waals surface area contributed by atoms with E-state index >= 15 is 0 Å². The van der Waals surface area contributed by atoms with Crippen molar-refractivity contribution in [2.75, 3.05) is 43.9 Å². The van der Waals surface area contributed by atoms with Crippen LogP contribution in [0, 0.1) is 0 Å². The largest absolute Gasteiger partial charge is 0.463 e. The van der Waals surface area contributed by atoms with E-state index in [1.54, 1.807) is 7.05 Å². The molecule has 0 fully saturated rings. The minimum Gasteiger partial charge on any atom is -0.463 e. The van der Waals surface area contributed by atoms with Crippen molar-refractivity contribution in [1.29, 1.82) is 0 Å².